The quantitative estimate of drug-likeness (QED) is 0.800. The van der Waals surface area contributed by atoms with Crippen molar-refractivity contribution in [1.82, 2.24) is 4.90 Å². The van der Waals surface area contributed by atoms with Crippen molar-refractivity contribution in [3.63, 3.8) is 0 Å². The summed E-state index contributed by atoms with van der Waals surface area (Å²) in [6.45, 7) is 4.27. The summed E-state index contributed by atoms with van der Waals surface area (Å²) in [5, 5.41) is 9.45. The molecule has 2 rings (SSSR count). The van der Waals surface area contributed by atoms with E-state index in [1.807, 2.05) is 0 Å². The highest BCUT2D eigenvalue weighted by Crippen LogP contribution is 2.23. The van der Waals surface area contributed by atoms with E-state index in [1.165, 1.54) is 5.56 Å². The summed E-state index contributed by atoms with van der Waals surface area (Å²) in [5.41, 5.74) is 1.37. The Morgan fingerprint density at radius 3 is 2.40 bits per heavy atom. The van der Waals surface area contributed by atoms with Crippen molar-refractivity contribution < 1.29 is 5.11 Å². The number of likely N-dealkylation sites (tertiary alicyclic amines) is 1. The Hall–Kier alpha value is -0.860. The third kappa shape index (κ3) is 2.58. The van der Waals surface area contributed by atoms with E-state index < -0.39 is 0 Å². The molecular formula is C13H19NO. The van der Waals surface area contributed by atoms with E-state index in [0.29, 0.717) is 6.04 Å². The largest absolute Gasteiger partial charge is 0.393 e. The molecule has 1 N–H and O–H groups in total. The maximum absolute atomic E-state index is 9.45. The predicted molar refractivity (Wildman–Crippen MR) is 61.7 cm³/mol. The number of hydrogen-bond acceptors (Lipinski definition) is 2. The van der Waals surface area contributed by atoms with Crippen LogP contribution in [0.25, 0.3) is 0 Å². The van der Waals surface area contributed by atoms with Crippen LogP contribution in [0.1, 0.15) is 31.4 Å². The molecule has 1 aromatic carbocycles. The second-order valence-corrected chi connectivity index (χ2v) is 4.35. The first-order valence-corrected chi connectivity index (χ1v) is 5.74. The molecule has 0 radical (unpaired) electrons. The molecule has 2 heteroatoms. The molecule has 1 atom stereocenters. The maximum atomic E-state index is 9.45. The molecule has 15 heavy (non-hydrogen) atoms. The van der Waals surface area contributed by atoms with Gasteiger partial charge in [-0.05, 0) is 25.3 Å². The Balaban J connectivity index is 1.99. The number of aliphatic hydroxyl groups excluding tert-OH is 1. The van der Waals surface area contributed by atoms with Crippen LogP contribution in [-0.4, -0.2) is 29.2 Å². The van der Waals surface area contributed by atoms with E-state index in [4.69, 9.17) is 0 Å². The fraction of sp³-hybridized carbons (Fsp3) is 0.538. The number of aliphatic hydroxyl groups is 1. The number of rotatable bonds is 2. The minimum Gasteiger partial charge on any atom is -0.393 e. The molecule has 0 aromatic heterocycles. The Morgan fingerprint density at radius 1 is 1.20 bits per heavy atom. The van der Waals surface area contributed by atoms with Crippen LogP contribution in [0, 0.1) is 0 Å². The maximum Gasteiger partial charge on any atom is 0.0564 e. The highest BCUT2D eigenvalue weighted by molar-refractivity contribution is 5.18. The van der Waals surface area contributed by atoms with Gasteiger partial charge < -0.3 is 5.11 Å². The summed E-state index contributed by atoms with van der Waals surface area (Å²) in [7, 11) is 0. The number of benzene rings is 1. The molecule has 1 fully saturated rings. The number of nitrogens with zero attached hydrogens (tertiary/aromatic N) is 1. The molecule has 0 spiro atoms. The van der Waals surface area contributed by atoms with E-state index in [2.05, 4.69) is 42.2 Å². The van der Waals surface area contributed by atoms with Gasteiger partial charge in [0.05, 0.1) is 6.10 Å². The molecule has 82 valence electrons. The zero-order valence-corrected chi connectivity index (χ0v) is 9.26. The highest BCUT2D eigenvalue weighted by atomic mass is 16.3. The summed E-state index contributed by atoms with van der Waals surface area (Å²) in [4.78, 5) is 2.45. The van der Waals surface area contributed by atoms with Gasteiger partial charge in [0.15, 0.2) is 0 Å². The first kappa shape index (κ1) is 10.7. The van der Waals surface area contributed by atoms with Gasteiger partial charge >= 0.3 is 0 Å². The molecule has 1 aromatic rings. The fourth-order valence-corrected chi connectivity index (χ4v) is 2.22. The van der Waals surface area contributed by atoms with Gasteiger partial charge in [-0.25, -0.2) is 0 Å². The van der Waals surface area contributed by atoms with Crippen molar-refractivity contribution >= 4 is 0 Å². The average molecular weight is 205 g/mol. The first-order valence-electron chi connectivity index (χ1n) is 5.74. The Morgan fingerprint density at radius 2 is 1.80 bits per heavy atom. The normalized spacial score (nSPS) is 21.5. The SMILES string of the molecule is C[C@@H](c1ccccc1)N1CCC(O)CC1. The van der Waals surface area contributed by atoms with Crippen molar-refractivity contribution in [3.05, 3.63) is 35.9 Å². The molecule has 0 saturated carbocycles. The molecule has 1 heterocycles. The van der Waals surface area contributed by atoms with Gasteiger partial charge in [0.2, 0.25) is 0 Å². The number of hydrogen-bond donors (Lipinski definition) is 1. The van der Waals surface area contributed by atoms with E-state index >= 15 is 0 Å². The summed E-state index contributed by atoms with van der Waals surface area (Å²) in [6.07, 6.45) is 1.75. The Bertz CT molecular complexity index is 291. The summed E-state index contributed by atoms with van der Waals surface area (Å²) < 4.78 is 0. The molecule has 1 aliphatic rings. The van der Waals surface area contributed by atoms with Crippen LogP contribution < -0.4 is 0 Å². The molecule has 0 amide bonds. The van der Waals surface area contributed by atoms with Crippen LogP contribution >= 0.6 is 0 Å². The van der Waals surface area contributed by atoms with Crippen molar-refractivity contribution in [2.75, 3.05) is 13.1 Å². The summed E-state index contributed by atoms with van der Waals surface area (Å²) in [5.74, 6) is 0. The standard InChI is InChI=1S/C13H19NO/c1-11(12-5-3-2-4-6-12)14-9-7-13(15)8-10-14/h2-6,11,13,15H,7-10H2,1H3/t11-/m0/s1. The van der Waals surface area contributed by atoms with Crippen molar-refractivity contribution in [1.29, 1.82) is 0 Å². The lowest BCUT2D eigenvalue weighted by Gasteiger charge is -2.34. The second-order valence-electron chi connectivity index (χ2n) is 4.35. The predicted octanol–water partition coefficient (Wildman–Crippen LogP) is 2.20. The molecule has 2 nitrogen and oxygen atoms in total. The number of piperidine rings is 1. The summed E-state index contributed by atoms with van der Waals surface area (Å²) >= 11 is 0. The first-order chi connectivity index (χ1) is 7.27. The highest BCUT2D eigenvalue weighted by Gasteiger charge is 2.21. The minimum atomic E-state index is -0.0794. The fourth-order valence-electron chi connectivity index (χ4n) is 2.22. The average Bonchev–Trinajstić information content (AvgIpc) is 2.30. The van der Waals surface area contributed by atoms with Gasteiger partial charge in [0.25, 0.3) is 0 Å². The van der Waals surface area contributed by atoms with Crippen LogP contribution in [0.4, 0.5) is 0 Å². The van der Waals surface area contributed by atoms with Gasteiger partial charge in [-0.2, -0.15) is 0 Å². The monoisotopic (exact) mass is 205 g/mol. The molecule has 1 saturated heterocycles. The van der Waals surface area contributed by atoms with E-state index in [0.717, 1.165) is 25.9 Å². The van der Waals surface area contributed by atoms with E-state index in [-0.39, 0.29) is 6.10 Å². The van der Waals surface area contributed by atoms with Crippen molar-refractivity contribution in [2.45, 2.75) is 31.9 Å². The molecule has 0 aliphatic carbocycles. The lowest BCUT2D eigenvalue weighted by molar-refractivity contribution is 0.0645. The van der Waals surface area contributed by atoms with Gasteiger partial charge in [0.1, 0.15) is 0 Å². The zero-order chi connectivity index (χ0) is 10.7. The van der Waals surface area contributed by atoms with Crippen LogP contribution in [0.3, 0.4) is 0 Å². The third-order valence-electron chi connectivity index (χ3n) is 3.33. The zero-order valence-electron chi connectivity index (χ0n) is 9.26. The molecule has 0 unspecified atom stereocenters. The third-order valence-corrected chi connectivity index (χ3v) is 3.33. The molecule has 1 aliphatic heterocycles. The second kappa shape index (κ2) is 4.77. The molecular weight excluding hydrogens is 186 g/mol. The van der Waals surface area contributed by atoms with Crippen LogP contribution in [0.5, 0.6) is 0 Å². The lowest BCUT2D eigenvalue weighted by Crippen LogP contribution is -2.37. The van der Waals surface area contributed by atoms with E-state index in [1.54, 1.807) is 0 Å². The van der Waals surface area contributed by atoms with Gasteiger partial charge in [-0.3, -0.25) is 4.90 Å². The van der Waals surface area contributed by atoms with Crippen LogP contribution in [-0.2, 0) is 0 Å². The Kier molecular flexibility index (Phi) is 3.39. The minimum absolute atomic E-state index is 0.0794. The topological polar surface area (TPSA) is 23.5 Å². The van der Waals surface area contributed by atoms with E-state index in [9.17, 15) is 5.11 Å². The van der Waals surface area contributed by atoms with Crippen molar-refractivity contribution in [2.24, 2.45) is 0 Å². The smallest absolute Gasteiger partial charge is 0.0564 e. The van der Waals surface area contributed by atoms with Gasteiger partial charge in [-0.15, -0.1) is 0 Å². The van der Waals surface area contributed by atoms with Gasteiger partial charge in [0, 0.05) is 19.1 Å². The van der Waals surface area contributed by atoms with Crippen LogP contribution in [0.15, 0.2) is 30.3 Å². The van der Waals surface area contributed by atoms with Crippen LogP contribution in [0.2, 0.25) is 0 Å². The summed E-state index contributed by atoms with van der Waals surface area (Å²) in [6, 6.07) is 11.1. The Labute approximate surface area is 91.5 Å². The van der Waals surface area contributed by atoms with Crippen molar-refractivity contribution in [3.8, 4) is 0 Å². The van der Waals surface area contributed by atoms with Gasteiger partial charge in [-0.1, -0.05) is 30.3 Å². The molecule has 0 bridgehead atoms. The lowest BCUT2D eigenvalue weighted by atomic mass is 10.0.